The van der Waals surface area contributed by atoms with E-state index in [4.69, 9.17) is 14.2 Å². The second-order valence-corrected chi connectivity index (χ2v) is 11.5. The van der Waals surface area contributed by atoms with Gasteiger partial charge in [-0.05, 0) is 81.1 Å². The first-order valence-electron chi connectivity index (χ1n) is 14.3. The second kappa shape index (κ2) is 11.3. The zero-order valence-electron chi connectivity index (χ0n) is 24.5. The number of piperidine rings is 1. The van der Waals surface area contributed by atoms with Crippen LogP contribution in [0, 0.1) is 0 Å². The smallest absolute Gasteiger partial charge is 0.416 e. The van der Waals surface area contributed by atoms with Gasteiger partial charge in [-0.3, -0.25) is 19.3 Å². The number of benzene rings is 2. The van der Waals surface area contributed by atoms with Crippen molar-refractivity contribution in [2.75, 3.05) is 20.6 Å². The van der Waals surface area contributed by atoms with Crippen LogP contribution in [-0.2, 0) is 37.1 Å². The van der Waals surface area contributed by atoms with Gasteiger partial charge in [0.05, 0.1) is 17.0 Å². The Morgan fingerprint density at radius 3 is 2.56 bits per heavy atom. The predicted octanol–water partition coefficient (Wildman–Crippen LogP) is 4.82. The number of amides is 1. The van der Waals surface area contributed by atoms with E-state index in [1.165, 1.54) is 50.7 Å². The van der Waals surface area contributed by atoms with Crippen LogP contribution in [0.25, 0.3) is 6.08 Å². The molecule has 1 N–H and O–H groups in total. The van der Waals surface area contributed by atoms with Crippen LogP contribution in [0.1, 0.15) is 61.8 Å². The van der Waals surface area contributed by atoms with Gasteiger partial charge in [-0.1, -0.05) is 18.2 Å². The maximum atomic E-state index is 12.3. The van der Waals surface area contributed by atoms with Crippen LogP contribution in [0.4, 0.5) is 13.2 Å². The molecule has 2 aromatic rings. The van der Waals surface area contributed by atoms with Crippen molar-refractivity contribution in [3.05, 3.63) is 64.7 Å². The molecule has 1 amide bonds. The average Bonchev–Trinajstić information content (AvgIpc) is 3.29. The minimum Gasteiger partial charge on any atom is -0.485 e. The number of esters is 2. The van der Waals surface area contributed by atoms with E-state index < -0.39 is 17.3 Å². The molecule has 0 aromatic heterocycles. The number of hydrogen-bond donors (Lipinski definition) is 1. The number of rotatable bonds is 4. The van der Waals surface area contributed by atoms with Gasteiger partial charge in [0, 0.05) is 32.5 Å². The third-order valence-electron chi connectivity index (χ3n) is 9.04. The first kappa shape index (κ1) is 30.6. The molecule has 0 radical (unpaired) electrons. The molecule has 2 heterocycles. The molecule has 2 aliphatic heterocycles. The van der Waals surface area contributed by atoms with Crippen molar-refractivity contribution in [1.82, 2.24) is 10.2 Å². The largest absolute Gasteiger partial charge is 0.485 e. The number of alkyl halides is 3. The van der Waals surface area contributed by atoms with Crippen molar-refractivity contribution in [3.8, 4) is 11.5 Å². The fraction of sp³-hybridized carbons (Fsp3) is 0.469. The normalized spacial score (nSPS) is 26.9. The fourth-order valence-electron chi connectivity index (χ4n) is 7.48. The molecule has 11 heteroatoms. The lowest BCUT2D eigenvalue weighted by atomic mass is 9.49. The SMILES string of the molecule is CC(=O)Oc1ccc2c3c1O[C@H]1CCC[C@@]4(OC(C)=O)[C@@H](C2)N(C)CC[C@]314.CNC(=O)/C=C/c1cccc(C(F)(F)F)c1. The van der Waals surface area contributed by atoms with E-state index in [0.717, 1.165) is 56.3 Å². The Kier molecular flexibility index (Phi) is 8.06. The number of halogens is 3. The Morgan fingerprint density at radius 1 is 1.12 bits per heavy atom. The highest BCUT2D eigenvalue weighted by Gasteiger charge is 2.73. The number of carbonyl (C=O) groups excluding carboxylic acids is 3. The molecule has 6 rings (SSSR count). The highest BCUT2D eigenvalue weighted by Crippen LogP contribution is 2.66. The molecule has 1 saturated carbocycles. The molecule has 2 aliphatic carbocycles. The van der Waals surface area contributed by atoms with Gasteiger partial charge < -0.3 is 19.5 Å². The molecule has 2 bridgehead atoms. The van der Waals surface area contributed by atoms with Crippen LogP contribution in [0.5, 0.6) is 11.5 Å². The number of likely N-dealkylation sites (tertiary alicyclic amines) is 1. The summed E-state index contributed by atoms with van der Waals surface area (Å²) in [7, 11) is 3.57. The van der Waals surface area contributed by atoms with E-state index in [9.17, 15) is 27.6 Å². The number of carbonyl (C=O) groups is 3. The molecule has 4 aliphatic rings. The maximum Gasteiger partial charge on any atom is 0.416 e. The van der Waals surface area contributed by atoms with Crippen LogP contribution in [-0.4, -0.2) is 61.1 Å². The summed E-state index contributed by atoms with van der Waals surface area (Å²) in [4.78, 5) is 37.0. The summed E-state index contributed by atoms with van der Waals surface area (Å²) in [5.41, 5.74) is 1.01. The van der Waals surface area contributed by atoms with E-state index in [1.807, 2.05) is 6.07 Å². The van der Waals surface area contributed by atoms with Gasteiger partial charge in [-0.15, -0.1) is 0 Å². The lowest BCUT2D eigenvalue weighted by Gasteiger charge is -2.63. The van der Waals surface area contributed by atoms with Crippen molar-refractivity contribution in [2.45, 2.75) is 75.3 Å². The van der Waals surface area contributed by atoms with E-state index in [-0.39, 0.29) is 35.4 Å². The van der Waals surface area contributed by atoms with Gasteiger partial charge in [-0.25, -0.2) is 0 Å². The highest BCUT2D eigenvalue weighted by molar-refractivity contribution is 5.91. The molecule has 1 saturated heterocycles. The van der Waals surface area contributed by atoms with Gasteiger partial charge in [0.25, 0.3) is 0 Å². The zero-order valence-corrected chi connectivity index (χ0v) is 24.5. The summed E-state index contributed by atoms with van der Waals surface area (Å²) in [6, 6.07) is 8.80. The van der Waals surface area contributed by atoms with Crippen molar-refractivity contribution < 1.29 is 41.8 Å². The second-order valence-electron chi connectivity index (χ2n) is 11.5. The topological polar surface area (TPSA) is 94.2 Å². The predicted molar refractivity (Wildman–Crippen MR) is 151 cm³/mol. The standard InChI is InChI=1S/C21H25NO5.C11H10F3NO/c1-12(23)25-15-7-6-14-11-16-21(27-13(2)24)8-4-5-17-20(21,9-10-22(16)3)18(14)19(15)26-17;1-15-10(16)6-5-8-3-2-4-9(7-8)11(12,13)14/h6-7,16-17H,4-5,8-11H2,1-3H3;2-7H,1H3,(H,15,16)/b;6-5+/t16-,17+,20-,21-;/m1./s1. The first-order valence-corrected chi connectivity index (χ1v) is 14.3. The van der Waals surface area contributed by atoms with Crippen molar-refractivity contribution in [3.63, 3.8) is 0 Å². The van der Waals surface area contributed by atoms with Crippen LogP contribution in [0.3, 0.4) is 0 Å². The quantitative estimate of drug-likeness (QED) is 0.306. The number of likely N-dealkylation sites (N-methyl/N-ethyl adjacent to an activating group) is 2. The van der Waals surface area contributed by atoms with Gasteiger partial charge in [0.2, 0.25) is 5.91 Å². The monoisotopic (exact) mass is 600 g/mol. The van der Waals surface area contributed by atoms with Gasteiger partial charge >= 0.3 is 18.1 Å². The first-order chi connectivity index (χ1) is 20.3. The lowest BCUT2D eigenvalue weighted by molar-refractivity contribution is -0.212. The molecule has 0 unspecified atom stereocenters. The third-order valence-corrected chi connectivity index (χ3v) is 9.04. The Labute approximate surface area is 248 Å². The maximum absolute atomic E-state index is 12.3. The number of hydrogen-bond acceptors (Lipinski definition) is 7. The van der Waals surface area contributed by atoms with Gasteiger partial charge in [-0.2, -0.15) is 13.2 Å². The molecule has 4 atom stereocenters. The number of nitrogens with one attached hydrogen (secondary N) is 1. The molecule has 8 nitrogen and oxygen atoms in total. The molecule has 1 spiro atoms. The Bertz CT molecular complexity index is 1470. The molecule has 43 heavy (non-hydrogen) atoms. The van der Waals surface area contributed by atoms with Crippen LogP contribution < -0.4 is 14.8 Å². The molecular formula is C32H35F3N2O6. The fourth-order valence-corrected chi connectivity index (χ4v) is 7.48. The zero-order chi connectivity index (χ0) is 31.2. The van der Waals surface area contributed by atoms with Crippen LogP contribution in [0.15, 0.2) is 42.5 Å². The summed E-state index contributed by atoms with van der Waals surface area (Å²) in [5.74, 6) is 0.222. The summed E-state index contributed by atoms with van der Waals surface area (Å²) in [6.45, 7) is 3.84. The van der Waals surface area contributed by atoms with E-state index in [0.29, 0.717) is 17.1 Å². The molecule has 2 fully saturated rings. The summed E-state index contributed by atoms with van der Waals surface area (Å²) >= 11 is 0. The highest BCUT2D eigenvalue weighted by atomic mass is 19.4. The van der Waals surface area contributed by atoms with Crippen LogP contribution in [0.2, 0.25) is 0 Å². The van der Waals surface area contributed by atoms with E-state index in [2.05, 4.69) is 23.3 Å². The van der Waals surface area contributed by atoms with Gasteiger partial charge in [0.15, 0.2) is 11.5 Å². The van der Waals surface area contributed by atoms with Crippen molar-refractivity contribution in [2.24, 2.45) is 0 Å². The molecular weight excluding hydrogens is 565 g/mol. The molecule has 2 aromatic carbocycles. The Morgan fingerprint density at radius 2 is 1.88 bits per heavy atom. The van der Waals surface area contributed by atoms with Crippen molar-refractivity contribution in [1.29, 1.82) is 0 Å². The van der Waals surface area contributed by atoms with Crippen molar-refractivity contribution >= 4 is 23.9 Å². The average molecular weight is 601 g/mol. The summed E-state index contributed by atoms with van der Waals surface area (Å²) in [6.07, 6.45) is 2.50. The summed E-state index contributed by atoms with van der Waals surface area (Å²) in [5, 5.41) is 2.33. The minimum atomic E-state index is -4.36. The molecule has 230 valence electrons. The minimum absolute atomic E-state index is 0.0486. The number of ether oxygens (including phenoxy) is 3. The third kappa shape index (κ3) is 5.28. The van der Waals surface area contributed by atoms with Crippen LogP contribution >= 0.6 is 0 Å². The Balaban J connectivity index is 0.000000198. The number of nitrogens with zero attached hydrogens (tertiary/aromatic N) is 1. The lowest BCUT2D eigenvalue weighted by Crippen LogP contribution is -2.75. The van der Waals surface area contributed by atoms with Gasteiger partial charge in [0.1, 0.15) is 11.7 Å². The Hall–Kier alpha value is -3.86. The summed E-state index contributed by atoms with van der Waals surface area (Å²) < 4.78 is 55.1. The van der Waals surface area contributed by atoms with E-state index in [1.54, 1.807) is 0 Å². The van der Waals surface area contributed by atoms with E-state index >= 15 is 0 Å².